The summed E-state index contributed by atoms with van der Waals surface area (Å²) in [5.74, 6) is 0.0625. The number of aromatic nitrogens is 1. The van der Waals surface area contributed by atoms with Gasteiger partial charge in [-0.25, -0.2) is 4.98 Å². The third-order valence-corrected chi connectivity index (χ3v) is 4.98. The quantitative estimate of drug-likeness (QED) is 0.766. The highest BCUT2D eigenvalue weighted by molar-refractivity contribution is 7.09. The molecule has 1 aromatic rings. The number of nitrogens with zero attached hydrogens (tertiary/aromatic N) is 2. The molecule has 2 heterocycles. The van der Waals surface area contributed by atoms with Crippen molar-refractivity contribution in [2.24, 2.45) is 5.73 Å². The SMILES string of the molecule is CCCc1csc(CN2CCCCC2CNC(=O)CCN)n1. The number of likely N-dealkylation sites (tertiary alicyclic amines) is 1. The minimum atomic E-state index is 0.0625. The average Bonchev–Trinajstić information content (AvgIpc) is 2.94. The summed E-state index contributed by atoms with van der Waals surface area (Å²) < 4.78 is 0. The molecule has 1 aromatic heterocycles. The molecule has 1 amide bonds. The number of hydrogen-bond acceptors (Lipinski definition) is 5. The van der Waals surface area contributed by atoms with E-state index in [2.05, 4.69) is 22.5 Å². The number of hydrogen-bond donors (Lipinski definition) is 2. The molecule has 1 atom stereocenters. The van der Waals surface area contributed by atoms with Crippen LogP contribution in [-0.2, 0) is 17.8 Å². The van der Waals surface area contributed by atoms with Gasteiger partial charge in [0, 0.05) is 30.9 Å². The fraction of sp³-hybridized carbons (Fsp3) is 0.750. The second-order valence-electron chi connectivity index (χ2n) is 5.95. The second kappa shape index (κ2) is 9.22. The van der Waals surface area contributed by atoms with Crippen molar-refractivity contribution in [3.05, 3.63) is 16.1 Å². The summed E-state index contributed by atoms with van der Waals surface area (Å²) in [4.78, 5) is 18.8. The van der Waals surface area contributed by atoms with Crippen LogP contribution in [0.4, 0.5) is 0 Å². The van der Waals surface area contributed by atoms with Crippen molar-refractivity contribution in [2.45, 2.75) is 58.0 Å². The van der Waals surface area contributed by atoms with Crippen molar-refractivity contribution < 1.29 is 4.79 Å². The zero-order chi connectivity index (χ0) is 15.8. The van der Waals surface area contributed by atoms with Gasteiger partial charge in [0.25, 0.3) is 0 Å². The number of carbonyl (C=O) groups is 1. The lowest BCUT2D eigenvalue weighted by atomic mass is 10.0. The molecule has 22 heavy (non-hydrogen) atoms. The van der Waals surface area contributed by atoms with Gasteiger partial charge in [0.05, 0.1) is 12.2 Å². The van der Waals surface area contributed by atoms with Gasteiger partial charge >= 0.3 is 0 Å². The number of piperidine rings is 1. The zero-order valence-corrected chi connectivity index (χ0v) is 14.3. The van der Waals surface area contributed by atoms with Crippen LogP contribution in [0.1, 0.15) is 49.7 Å². The molecule has 0 saturated carbocycles. The molecule has 0 aromatic carbocycles. The minimum absolute atomic E-state index is 0.0625. The van der Waals surface area contributed by atoms with Crippen LogP contribution >= 0.6 is 11.3 Å². The molecule has 1 fully saturated rings. The van der Waals surface area contributed by atoms with E-state index in [0.717, 1.165) is 38.9 Å². The van der Waals surface area contributed by atoms with Gasteiger partial charge in [0.15, 0.2) is 0 Å². The Morgan fingerprint density at radius 3 is 3.18 bits per heavy atom. The molecular weight excluding hydrogens is 296 g/mol. The van der Waals surface area contributed by atoms with Crippen LogP contribution in [0.2, 0.25) is 0 Å². The van der Waals surface area contributed by atoms with E-state index >= 15 is 0 Å². The molecule has 0 radical (unpaired) electrons. The smallest absolute Gasteiger partial charge is 0.221 e. The molecule has 3 N–H and O–H groups in total. The van der Waals surface area contributed by atoms with Crippen LogP contribution in [0.25, 0.3) is 0 Å². The molecule has 1 saturated heterocycles. The molecule has 124 valence electrons. The molecule has 2 rings (SSSR count). The molecule has 1 aliphatic rings. The number of nitrogens with two attached hydrogens (primary N) is 1. The molecular formula is C16H28N4OS. The number of carbonyl (C=O) groups excluding carboxylic acids is 1. The fourth-order valence-electron chi connectivity index (χ4n) is 2.92. The largest absolute Gasteiger partial charge is 0.354 e. The van der Waals surface area contributed by atoms with Crippen LogP contribution in [0.5, 0.6) is 0 Å². The highest BCUT2D eigenvalue weighted by atomic mass is 32.1. The zero-order valence-electron chi connectivity index (χ0n) is 13.5. The first kappa shape index (κ1) is 17.4. The Kier molecular flexibility index (Phi) is 7.29. The highest BCUT2D eigenvalue weighted by Gasteiger charge is 2.23. The maximum Gasteiger partial charge on any atom is 0.221 e. The summed E-state index contributed by atoms with van der Waals surface area (Å²) in [7, 11) is 0. The van der Waals surface area contributed by atoms with E-state index in [9.17, 15) is 4.79 Å². The first-order valence-electron chi connectivity index (χ1n) is 8.37. The van der Waals surface area contributed by atoms with Gasteiger partial charge in [-0.15, -0.1) is 11.3 Å². The van der Waals surface area contributed by atoms with Gasteiger partial charge in [-0.2, -0.15) is 0 Å². The van der Waals surface area contributed by atoms with Crippen LogP contribution < -0.4 is 11.1 Å². The number of thiazole rings is 1. The number of aryl methyl sites for hydroxylation is 1. The summed E-state index contributed by atoms with van der Waals surface area (Å²) >= 11 is 1.76. The molecule has 0 spiro atoms. The lowest BCUT2D eigenvalue weighted by Gasteiger charge is -2.35. The molecule has 6 heteroatoms. The van der Waals surface area contributed by atoms with Crippen LogP contribution in [0.15, 0.2) is 5.38 Å². The third kappa shape index (κ3) is 5.34. The minimum Gasteiger partial charge on any atom is -0.354 e. The summed E-state index contributed by atoms with van der Waals surface area (Å²) in [6.45, 7) is 5.33. The Balaban J connectivity index is 1.86. The second-order valence-corrected chi connectivity index (χ2v) is 6.89. The lowest BCUT2D eigenvalue weighted by molar-refractivity contribution is -0.121. The first-order chi connectivity index (χ1) is 10.7. The van der Waals surface area contributed by atoms with Gasteiger partial charge in [-0.05, 0) is 25.8 Å². The number of rotatable bonds is 8. The van der Waals surface area contributed by atoms with Gasteiger partial charge < -0.3 is 11.1 Å². The fourth-order valence-corrected chi connectivity index (χ4v) is 3.77. The van der Waals surface area contributed by atoms with E-state index in [1.807, 2.05) is 0 Å². The van der Waals surface area contributed by atoms with Gasteiger partial charge in [-0.1, -0.05) is 19.8 Å². The Morgan fingerprint density at radius 2 is 2.41 bits per heavy atom. The van der Waals surface area contributed by atoms with E-state index in [0.29, 0.717) is 19.0 Å². The van der Waals surface area contributed by atoms with Crippen molar-refractivity contribution in [2.75, 3.05) is 19.6 Å². The molecule has 1 unspecified atom stereocenters. The lowest BCUT2D eigenvalue weighted by Crippen LogP contribution is -2.46. The van der Waals surface area contributed by atoms with Gasteiger partial charge in [0.1, 0.15) is 5.01 Å². The van der Waals surface area contributed by atoms with Crippen LogP contribution in [-0.4, -0.2) is 41.5 Å². The molecule has 1 aliphatic heterocycles. The predicted molar refractivity (Wildman–Crippen MR) is 90.8 cm³/mol. The van der Waals surface area contributed by atoms with E-state index in [1.54, 1.807) is 11.3 Å². The Hall–Kier alpha value is -0.980. The predicted octanol–water partition coefficient (Wildman–Crippen LogP) is 1.92. The molecule has 0 bridgehead atoms. The number of amides is 1. The standard InChI is InChI=1S/C16H28N4OS/c1-2-5-13-12-22-16(19-13)11-20-9-4-3-6-14(20)10-18-15(21)7-8-17/h12,14H,2-11,17H2,1H3,(H,18,21). The molecule has 5 nitrogen and oxygen atoms in total. The van der Waals surface area contributed by atoms with E-state index < -0.39 is 0 Å². The Morgan fingerprint density at radius 1 is 1.55 bits per heavy atom. The summed E-state index contributed by atoms with van der Waals surface area (Å²) in [6.07, 6.45) is 6.25. The Bertz CT molecular complexity index is 463. The summed E-state index contributed by atoms with van der Waals surface area (Å²) in [5, 5.41) is 6.40. The van der Waals surface area contributed by atoms with Crippen LogP contribution in [0.3, 0.4) is 0 Å². The van der Waals surface area contributed by atoms with E-state index in [-0.39, 0.29) is 5.91 Å². The third-order valence-electron chi connectivity index (χ3n) is 4.10. The van der Waals surface area contributed by atoms with Crippen molar-refractivity contribution in [1.82, 2.24) is 15.2 Å². The van der Waals surface area contributed by atoms with Gasteiger partial charge in [-0.3, -0.25) is 9.69 Å². The topological polar surface area (TPSA) is 71.2 Å². The average molecular weight is 324 g/mol. The van der Waals surface area contributed by atoms with Gasteiger partial charge in [0.2, 0.25) is 5.91 Å². The highest BCUT2D eigenvalue weighted by Crippen LogP contribution is 2.21. The first-order valence-corrected chi connectivity index (χ1v) is 9.25. The van der Waals surface area contributed by atoms with Crippen molar-refractivity contribution in [1.29, 1.82) is 0 Å². The maximum absolute atomic E-state index is 11.6. The molecule has 0 aliphatic carbocycles. The monoisotopic (exact) mass is 324 g/mol. The Labute approximate surface area is 137 Å². The normalized spacial score (nSPS) is 19.3. The van der Waals surface area contributed by atoms with Crippen molar-refractivity contribution in [3.8, 4) is 0 Å². The van der Waals surface area contributed by atoms with Crippen LogP contribution in [0, 0.1) is 0 Å². The van der Waals surface area contributed by atoms with Crippen molar-refractivity contribution in [3.63, 3.8) is 0 Å². The number of nitrogens with one attached hydrogen (secondary N) is 1. The summed E-state index contributed by atoms with van der Waals surface area (Å²) in [5.41, 5.74) is 6.63. The van der Waals surface area contributed by atoms with Crippen molar-refractivity contribution >= 4 is 17.2 Å². The van der Waals surface area contributed by atoms with E-state index in [4.69, 9.17) is 10.7 Å². The summed E-state index contributed by atoms with van der Waals surface area (Å²) in [6, 6.07) is 0.425. The van der Waals surface area contributed by atoms with E-state index in [1.165, 1.54) is 23.5 Å². The maximum atomic E-state index is 11.6.